The van der Waals surface area contributed by atoms with Crippen LogP contribution in [-0.2, 0) is 5.41 Å². The Balaban J connectivity index is 2.65. The molecule has 0 saturated carbocycles. The minimum absolute atomic E-state index is 0.186. The Morgan fingerprint density at radius 1 is 1.19 bits per heavy atom. The van der Waals surface area contributed by atoms with Gasteiger partial charge in [-0.25, -0.2) is 0 Å². The molecular formula is C14H23NO. The normalized spacial score (nSPS) is 13.6. The number of hydrogen-bond acceptors (Lipinski definition) is 2. The smallest absolute Gasteiger partial charge is 0.119 e. The van der Waals surface area contributed by atoms with E-state index in [0.717, 1.165) is 12.2 Å². The van der Waals surface area contributed by atoms with Crippen molar-refractivity contribution in [2.24, 2.45) is 5.73 Å². The van der Waals surface area contributed by atoms with E-state index >= 15 is 0 Å². The van der Waals surface area contributed by atoms with Crippen molar-refractivity contribution in [3.63, 3.8) is 0 Å². The predicted octanol–water partition coefficient (Wildman–Crippen LogP) is 3.10. The van der Waals surface area contributed by atoms with Gasteiger partial charge in [0.05, 0.1) is 6.10 Å². The molecule has 2 nitrogen and oxygen atoms in total. The van der Waals surface area contributed by atoms with E-state index in [9.17, 15) is 0 Å². The van der Waals surface area contributed by atoms with Crippen molar-refractivity contribution in [1.29, 1.82) is 0 Å². The zero-order chi connectivity index (χ0) is 12.2. The SMILES string of the molecule is CC(CCN)Oc1ccc(C(C)(C)C)cc1. The topological polar surface area (TPSA) is 35.2 Å². The summed E-state index contributed by atoms with van der Waals surface area (Å²) in [5.74, 6) is 0.925. The lowest BCUT2D eigenvalue weighted by Crippen LogP contribution is -2.17. The standard InChI is InChI=1S/C14H23NO/c1-11(9-10-15)16-13-7-5-12(6-8-13)14(2,3)4/h5-8,11H,9-10,15H2,1-4H3. The van der Waals surface area contributed by atoms with Gasteiger partial charge < -0.3 is 10.5 Å². The van der Waals surface area contributed by atoms with Gasteiger partial charge in [0.2, 0.25) is 0 Å². The molecule has 1 aromatic rings. The molecule has 0 aromatic heterocycles. The first-order valence-electron chi connectivity index (χ1n) is 5.91. The molecule has 0 amide bonds. The van der Waals surface area contributed by atoms with Crippen LogP contribution < -0.4 is 10.5 Å². The van der Waals surface area contributed by atoms with Crippen LogP contribution in [0.2, 0.25) is 0 Å². The van der Waals surface area contributed by atoms with Crippen LogP contribution in [0.4, 0.5) is 0 Å². The fourth-order valence-corrected chi connectivity index (χ4v) is 1.56. The molecule has 2 heteroatoms. The molecular weight excluding hydrogens is 198 g/mol. The van der Waals surface area contributed by atoms with E-state index in [2.05, 4.69) is 32.9 Å². The number of benzene rings is 1. The largest absolute Gasteiger partial charge is 0.491 e. The molecule has 0 radical (unpaired) electrons. The van der Waals surface area contributed by atoms with E-state index < -0.39 is 0 Å². The second-order valence-corrected chi connectivity index (χ2v) is 5.28. The maximum atomic E-state index is 5.74. The molecule has 1 rings (SSSR count). The van der Waals surface area contributed by atoms with E-state index in [1.807, 2.05) is 19.1 Å². The van der Waals surface area contributed by atoms with E-state index in [-0.39, 0.29) is 11.5 Å². The lowest BCUT2D eigenvalue weighted by Gasteiger charge is -2.20. The molecule has 1 unspecified atom stereocenters. The van der Waals surface area contributed by atoms with E-state index in [0.29, 0.717) is 6.54 Å². The van der Waals surface area contributed by atoms with Gasteiger partial charge in [-0.2, -0.15) is 0 Å². The first-order valence-corrected chi connectivity index (χ1v) is 5.91. The van der Waals surface area contributed by atoms with Crippen LogP contribution in [0.3, 0.4) is 0 Å². The highest BCUT2D eigenvalue weighted by Crippen LogP contribution is 2.24. The van der Waals surface area contributed by atoms with Crippen molar-refractivity contribution < 1.29 is 4.74 Å². The Labute approximate surface area is 98.8 Å². The highest BCUT2D eigenvalue weighted by molar-refractivity contribution is 5.31. The zero-order valence-corrected chi connectivity index (χ0v) is 10.8. The Kier molecular flexibility index (Phi) is 4.36. The van der Waals surface area contributed by atoms with E-state index in [1.54, 1.807) is 0 Å². The number of ether oxygens (including phenoxy) is 1. The minimum atomic E-state index is 0.186. The molecule has 2 N–H and O–H groups in total. The predicted molar refractivity (Wildman–Crippen MR) is 68.9 cm³/mol. The van der Waals surface area contributed by atoms with Crippen molar-refractivity contribution >= 4 is 0 Å². The van der Waals surface area contributed by atoms with Gasteiger partial charge in [-0.3, -0.25) is 0 Å². The van der Waals surface area contributed by atoms with Gasteiger partial charge in [0, 0.05) is 0 Å². The maximum absolute atomic E-state index is 5.74. The summed E-state index contributed by atoms with van der Waals surface area (Å²) in [5, 5.41) is 0. The molecule has 0 bridgehead atoms. The Morgan fingerprint density at radius 2 is 1.75 bits per heavy atom. The molecule has 1 atom stereocenters. The number of hydrogen-bond donors (Lipinski definition) is 1. The van der Waals surface area contributed by atoms with Gasteiger partial charge >= 0.3 is 0 Å². The third-order valence-corrected chi connectivity index (χ3v) is 2.63. The summed E-state index contributed by atoms with van der Waals surface area (Å²) in [6.07, 6.45) is 1.08. The van der Waals surface area contributed by atoms with Gasteiger partial charge in [0.1, 0.15) is 5.75 Å². The minimum Gasteiger partial charge on any atom is -0.491 e. The molecule has 0 spiro atoms. The summed E-state index contributed by atoms with van der Waals surface area (Å²) < 4.78 is 5.74. The van der Waals surface area contributed by atoms with E-state index in [4.69, 9.17) is 10.5 Å². The van der Waals surface area contributed by atoms with Gasteiger partial charge in [-0.05, 0) is 43.0 Å². The molecule has 0 fully saturated rings. The summed E-state index contributed by atoms with van der Waals surface area (Å²) in [7, 11) is 0. The van der Waals surface area contributed by atoms with Crippen LogP contribution in [0.5, 0.6) is 5.75 Å². The second-order valence-electron chi connectivity index (χ2n) is 5.28. The molecule has 16 heavy (non-hydrogen) atoms. The third-order valence-electron chi connectivity index (χ3n) is 2.63. The average Bonchev–Trinajstić information content (AvgIpc) is 2.17. The summed E-state index contributed by atoms with van der Waals surface area (Å²) in [5.41, 5.74) is 7.01. The van der Waals surface area contributed by atoms with Gasteiger partial charge in [-0.15, -0.1) is 0 Å². The van der Waals surface area contributed by atoms with Gasteiger partial charge in [0.25, 0.3) is 0 Å². The number of rotatable bonds is 4. The fraction of sp³-hybridized carbons (Fsp3) is 0.571. The average molecular weight is 221 g/mol. The Morgan fingerprint density at radius 3 is 2.19 bits per heavy atom. The molecule has 0 aliphatic rings. The van der Waals surface area contributed by atoms with Crippen molar-refractivity contribution in [1.82, 2.24) is 0 Å². The lowest BCUT2D eigenvalue weighted by atomic mass is 9.87. The fourth-order valence-electron chi connectivity index (χ4n) is 1.56. The Hall–Kier alpha value is -1.02. The second kappa shape index (κ2) is 5.35. The molecule has 0 heterocycles. The van der Waals surface area contributed by atoms with Gasteiger partial charge in [-0.1, -0.05) is 32.9 Å². The summed E-state index contributed by atoms with van der Waals surface area (Å²) >= 11 is 0. The molecule has 0 saturated heterocycles. The summed E-state index contributed by atoms with van der Waals surface area (Å²) in [4.78, 5) is 0. The lowest BCUT2D eigenvalue weighted by molar-refractivity contribution is 0.214. The quantitative estimate of drug-likeness (QED) is 0.848. The van der Waals surface area contributed by atoms with Crippen molar-refractivity contribution in [2.45, 2.75) is 45.6 Å². The Bertz CT molecular complexity index is 311. The molecule has 0 aliphatic carbocycles. The van der Waals surface area contributed by atoms with Crippen LogP contribution in [0.1, 0.15) is 39.7 Å². The molecule has 1 aromatic carbocycles. The van der Waals surface area contributed by atoms with E-state index in [1.165, 1.54) is 5.56 Å². The summed E-state index contributed by atoms with van der Waals surface area (Å²) in [6.45, 7) is 9.34. The molecule has 0 aliphatic heterocycles. The van der Waals surface area contributed by atoms with Crippen LogP contribution in [-0.4, -0.2) is 12.6 Å². The first-order chi connectivity index (χ1) is 7.43. The van der Waals surface area contributed by atoms with Crippen molar-refractivity contribution in [3.8, 4) is 5.75 Å². The third kappa shape index (κ3) is 3.86. The molecule has 90 valence electrons. The summed E-state index contributed by atoms with van der Waals surface area (Å²) in [6, 6.07) is 8.33. The van der Waals surface area contributed by atoms with Crippen molar-refractivity contribution in [2.75, 3.05) is 6.54 Å². The van der Waals surface area contributed by atoms with Crippen molar-refractivity contribution in [3.05, 3.63) is 29.8 Å². The van der Waals surface area contributed by atoms with Crippen LogP contribution in [0.15, 0.2) is 24.3 Å². The van der Waals surface area contributed by atoms with Gasteiger partial charge in [0.15, 0.2) is 0 Å². The maximum Gasteiger partial charge on any atom is 0.119 e. The van der Waals surface area contributed by atoms with Crippen LogP contribution in [0, 0.1) is 0 Å². The highest BCUT2D eigenvalue weighted by Gasteiger charge is 2.13. The van der Waals surface area contributed by atoms with Crippen LogP contribution >= 0.6 is 0 Å². The highest BCUT2D eigenvalue weighted by atomic mass is 16.5. The number of nitrogens with two attached hydrogens (primary N) is 1. The van der Waals surface area contributed by atoms with Crippen LogP contribution in [0.25, 0.3) is 0 Å². The first kappa shape index (κ1) is 13.0. The monoisotopic (exact) mass is 221 g/mol. The zero-order valence-electron chi connectivity index (χ0n) is 10.8.